The second-order valence-electron chi connectivity index (χ2n) is 6.00. The second-order valence-corrected chi connectivity index (χ2v) is 6.00. The van der Waals surface area contributed by atoms with Crippen LogP contribution in [0.25, 0.3) is 22.3 Å². The average Bonchev–Trinajstić information content (AvgIpc) is 3.41. The normalized spacial score (nSPS) is 14.0. The molecule has 25 heavy (non-hydrogen) atoms. The summed E-state index contributed by atoms with van der Waals surface area (Å²) in [5.74, 6) is -1.88. The summed E-state index contributed by atoms with van der Waals surface area (Å²) >= 11 is 0. The highest BCUT2D eigenvalue weighted by atomic mass is 19.1. The summed E-state index contributed by atoms with van der Waals surface area (Å²) in [5.41, 5.74) is 5.43. The fraction of sp³-hybridized carbons (Fsp3) is 0.176. The number of pyridine rings is 1. The first-order valence-electron chi connectivity index (χ1n) is 7.65. The predicted molar refractivity (Wildman–Crippen MR) is 88.8 cm³/mol. The van der Waals surface area contributed by atoms with Crippen LogP contribution in [0.3, 0.4) is 0 Å². The first-order chi connectivity index (χ1) is 12.0. The summed E-state index contributed by atoms with van der Waals surface area (Å²) in [4.78, 5) is 31.8. The molecule has 7 nitrogen and oxygen atoms in total. The van der Waals surface area contributed by atoms with Gasteiger partial charge in [0.15, 0.2) is 5.82 Å². The van der Waals surface area contributed by atoms with Gasteiger partial charge in [0.1, 0.15) is 11.4 Å². The number of hydrogen-bond acceptors (Lipinski definition) is 5. The van der Waals surface area contributed by atoms with Crippen molar-refractivity contribution in [3.63, 3.8) is 0 Å². The highest BCUT2D eigenvalue weighted by Crippen LogP contribution is 2.38. The number of carbonyl (C=O) groups is 1. The molecule has 4 rings (SSSR count). The maximum atomic E-state index is 14.6. The smallest absolute Gasteiger partial charge is 0.341 e. The van der Waals surface area contributed by atoms with Crippen LogP contribution in [0.2, 0.25) is 0 Å². The number of carboxylic acids is 1. The number of nitrogens with zero attached hydrogens (tertiary/aromatic N) is 3. The minimum atomic E-state index is -1.33. The zero-order valence-electron chi connectivity index (χ0n) is 12.9. The predicted octanol–water partition coefficient (Wildman–Crippen LogP) is 2.21. The number of halogens is 1. The molecule has 0 aliphatic heterocycles. The lowest BCUT2D eigenvalue weighted by molar-refractivity contribution is 0.0695. The maximum absolute atomic E-state index is 14.6. The van der Waals surface area contributed by atoms with Gasteiger partial charge in [-0.05, 0) is 25.0 Å². The van der Waals surface area contributed by atoms with Crippen LogP contribution < -0.4 is 11.2 Å². The van der Waals surface area contributed by atoms with Gasteiger partial charge in [-0.3, -0.25) is 4.79 Å². The van der Waals surface area contributed by atoms with E-state index in [1.54, 1.807) is 4.57 Å². The molecule has 8 heteroatoms. The van der Waals surface area contributed by atoms with Crippen molar-refractivity contribution in [2.24, 2.45) is 0 Å². The Morgan fingerprint density at radius 2 is 1.96 bits per heavy atom. The van der Waals surface area contributed by atoms with Crippen molar-refractivity contribution >= 4 is 22.6 Å². The molecule has 0 atom stereocenters. The number of rotatable bonds is 3. The summed E-state index contributed by atoms with van der Waals surface area (Å²) in [6, 6.07) is 2.64. The van der Waals surface area contributed by atoms with E-state index in [-0.39, 0.29) is 28.4 Å². The molecule has 3 aromatic rings. The molecule has 2 aromatic heterocycles. The third-order valence-electron chi connectivity index (χ3n) is 4.20. The van der Waals surface area contributed by atoms with Crippen LogP contribution in [0.4, 0.5) is 10.1 Å². The summed E-state index contributed by atoms with van der Waals surface area (Å²) in [7, 11) is 0. The zero-order chi connectivity index (χ0) is 17.7. The van der Waals surface area contributed by atoms with Crippen molar-refractivity contribution in [2.45, 2.75) is 18.9 Å². The van der Waals surface area contributed by atoms with Gasteiger partial charge in [0.25, 0.3) is 0 Å². The highest BCUT2D eigenvalue weighted by molar-refractivity contribution is 5.93. The summed E-state index contributed by atoms with van der Waals surface area (Å²) in [5, 5.41) is 9.27. The van der Waals surface area contributed by atoms with E-state index in [4.69, 9.17) is 5.73 Å². The Kier molecular flexibility index (Phi) is 3.28. The van der Waals surface area contributed by atoms with Crippen molar-refractivity contribution in [3.8, 4) is 11.4 Å². The summed E-state index contributed by atoms with van der Waals surface area (Å²) < 4.78 is 16.3. The van der Waals surface area contributed by atoms with Gasteiger partial charge in [0.2, 0.25) is 5.43 Å². The second kappa shape index (κ2) is 5.37. The quantitative estimate of drug-likeness (QED) is 0.756. The van der Waals surface area contributed by atoms with Gasteiger partial charge in [-0.1, -0.05) is 0 Å². The Balaban J connectivity index is 2.03. The van der Waals surface area contributed by atoms with Gasteiger partial charge in [-0.25, -0.2) is 19.2 Å². The Labute approximate surface area is 140 Å². The number of hydrogen-bond donors (Lipinski definition) is 2. The van der Waals surface area contributed by atoms with Crippen molar-refractivity contribution in [1.82, 2.24) is 14.5 Å². The first-order valence-corrected chi connectivity index (χ1v) is 7.65. The van der Waals surface area contributed by atoms with Crippen molar-refractivity contribution in [1.29, 1.82) is 0 Å². The number of aromatic carboxylic acids is 1. The molecule has 1 fully saturated rings. The third-order valence-corrected chi connectivity index (χ3v) is 4.20. The monoisotopic (exact) mass is 340 g/mol. The van der Waals surface area contributed by atoms with Crippen molar-refractivity contribution < 1.29 is 14.3 Å². The molecular weight excluding hydrogens is 327 g/mol. The summed E-state index contributed by atoms with van der Waals surface area (Å²) in [6.07, 6.45) is 5.82. The molecular formula is C17H13FN4O3. The minimum absolute atomic E-state index is 0.0310. The SMILES string of the molecule is Nc1cnc(-c2cc3c(cc2F)c(=O)c(C(=O)O)cn3C2CC2)nc1. The van der Waals surface area contributed by atoms with Crippen LogP contribution in [-0.2, 0) is 0 Å². The fourth-order valence-corrected chi connectivity index (χ4v) is 2.83. The molecule has 1 saturated carbocycles. The number of nitrogen functional groups attached to an aromatic ring is 1. The molecule has 126 valence electrons. The van der Waals surface area contributed by atoms with E-state index in [9.17, 15) is 19.1 Å². The van der Waals surface area contributed by atoms with Gasteiger partial charge in [-0.2, -0.15) is 0 Å². The van der Waals surface area contributed by atoms with Gasteiger partial charge in [-0.15, -0.1) is 0 Å². The number of anilines is 1. The standard InChI is InChI=1S/C17H13FN4O3/c18-13-3-11-14(4-10(13)16-20-5-8(19)6-21-16)22(9-1-2-9)7-12(15(11)23)17(24)25/h3-7,9H,1-2,19H2,(H,24,25). The molecule has 0 spiro atoms. The molecule has 0 radical (unpaired) electrons. The zero-order valence-corrected chi connectivity index (χ0v) is 12.9. The fourth-order valence-electron chi connectivity index (χ4n) is 2.83. The van der Waals surface area contributed by atoms with E-state index in [1.807, 2.05) is 0 Å². The number of benzene rings is 1. The van der Waals surface area contributed by atoms with Crippen molar-refractivity contribution in [2.75, 3.05) is 5.73 Å². The Morgan fingerprint density at radius 1 is 1.28 bits per heavy atom. The van der Waals surface area contributed by atoms with Crippen LogP contribution in [0, 0.1) is 5.82 Å². The molecule has 1 aliphatic rings. The van der Waals surface area contributed by atoms with Crippen LogP contribution in [-0.4, -0.2) is 25.6 Å². The topological polar surface area (TPSA) is 111 Å². The number of aromatic nitrogens is 3. The molecule has 0 saturated heterocycles. The van der Waals surface area contributed by atoms with Crippen LogP contribution >= 0.6 is 0 Å². The highest BCUT2D eigenvalue weighted by Gasteiger charge is 2.27. The molecule has 2 heterocycles. The van der Waals surface area contributed by atoms with E-state index in [0.29, 0.717) is 11.2 Å². The van der Waals surface area contributed by atoms with Gasteiger partial charge in [0.05, 0.1) is 29.2 Å². The van der Waals surface area contributed by atoms with Crippen LogP contribution in [0.15, 0.2) is 35.5 Å². The Bertz CT molecular complexity index is 1070. The van der Waals surface area contributed by atoms with Crippen molar-refractivity contribution in [3.05, 3.63) is 52.3 Å². The van der Waals surface area contributed by atoms with Gasteiger partial charge < -0.3 is 15.4 Å². The maximum Gasteiger partial charge on any atom is 0.341 e. The van der Waals surface area contributed by atoms with Gasteiger partial charge >= 0.3 is 5.97 Å². The van der Waals surface area contributed by atoms with Gasteiger partial charge in [0, 0.05) is 17.6 Å². The molecule has 1 aliphatic carbocycles. The lowest BCUT2D eigenvalue weighted by Crippen LogP contribution is -2.19. The lowest BCUT2D eigenvalue weighted by atomic mass is 10.1. The molecule has 0 unspecified atom stereocenters. The van der Waals surface area contributed by atoms with Crippen LogP contribution in [0.1, 0.15) is 29.2 Å². The summed E-state index contributed by atoms with van der Waals surface area (Å²) in [6.45, 7) is 0. The Morgan fingerprint density at radius 3 is 2.56 bits per heavy atom. The van der Waals surface area contributed by atoms with E-state index in [2.05, 4.69) is 9.97 Å². The number of nitrogens with two attached hydrogens (primary N) is 1. The van der Waals surface area contributed by atoms with E-state index < -0.39 is 17.2 Å². The molecule has 0 bridgehead atoms. The molecule has 3 N–H and O–H groups in total. The van der Waals surface area contributed by atoms with E-state index >= 15 is 0 Å². The largest absolute Gasteiger partial charge is 0.477 e. The lowest BCUT2D eigenvalue weighted by Gasteiger charge is -2.13. The third kappa shape index (κ3) is 2.51. The molecule has 1 aromatic carbocycles. The van der Waals surface area contributed by atoms with E-state index in [0.717, 1.165) is 18.9 Å². The van der Waals surface area contributed by atoms with Crippen LogP contribution in [0.5, 0.6) is 0 Å². The number of fused-ring (bicyclic) bond motifs is 1. The van der Waals surface area contributed by atoms with E-state index in [1.165, 1.54) is 24.7 Å². The first kappa shape index (κ1) is 15.3. The number of carboxylic acid groups (broad SMARTS) is 1. The molecule has 0 amide bonds. The Hall–Kier alpha value is -3.29. The minimum Gasteiger partial charge on any atom is -0.477 e. The average molecular weight is 340 g/mol.